The molecule has 4 heteroatoms. The topological polar surface area (TPSA) is 29.1 Å². The Bertz CT molecular complexity index is 284. The van der Waals surface area contributed by atoms with Crippen molar-refractivity contribution in [3.63, 3.8) is 0 Å². The lowest BCUT2D eigenvalue weighted by Gasteiger charge is -2.04. The Morgan fingerprint density at radius 3 is 2.73 bits per heavy atom. The molecule has 2 nitrogen and oxygen atoms in total. The minimum Gasteiger partial charge on any atom is -0.330 e. The van der Waals surface area contributed by atoms with E-state index in [1.165, 1.54) is 31.0 Å². The first kappa shape index (κ1) is 14.0. The molecule has 0 radical (unpaired) electrons. The van der Waals surface area contributed by atoms with E-state index in [1.54, 1.807) is 0 Å². The Morgan fingerprint density at radius 1 is 1.60 bits per heavy atom. The van der Waals surface area contributed by atoms with Gasteiger partial charge >= 0.3 is 0 Å². The van der Waals surface area contributed by atoms with E-state index < -0.39 is 5.83 Å². The van der Waals surface area contributed by atoms with Crippen LogP contribution in [0.5, 0.6) is 0 Å². The van der Waals surface area contributed by atoms with Crippen molar-refractivity contribution < 1.29 is 9.18 Å². The number of halogens is 1. The normalized spacial score (nSPS) is 12.5. The van der Waals surface area contributed by atoms with Gasteiger partial charge in [-0.3, -0.25) is 4.79 Å². The third-order valence-electron chi connectivity index (χ3n) is 1.50. The summed E-state index contributed by atoms with van der Waals surface area (Å²) in [6, 6.07) is 0. The molecular weight excluding hydrogens is 213 g/mol. The number of hydrogen-bond donors (Lipinski definition) is 1. The van der Waals surface area contributed by atoms with Crippen LogP contribution in [-0.4, -0.2) is 12.0 Å². The standard InChI is InChI=1S/C11H16FNOS/c1-4-6-15-13-9(3)7-10(8-14)11(12)5-2/h5,7-8,13H,3-4,6H2,1-2H3/b10-7-,11-5+. The van der Waals surface area contributed by atoms with Gasteiger partial charge in [-0.15, -0.1) is 0 Å². The Hall–Kier alpha value is -1.03. The van der Waals surface area contributed by atoms with E-state index in [-0.39, 0.29) is 5.57 Å². The minimum atomic E-state index is -0.534. The molecule has 0 fully saturated rings. The second kappa shape index (κ2) is 8.29. The average Bonchev–Trinajstić information content (AvgIpc) is 2.25. The van der Waals surface area contributed by atoms with Crippen LogP contribution in [0.2, 0.25) is 0 Å². The summed E-state index contributed by atoms with van der Waals surface area (Å²) in [5, 5.41) is 0. The first-order valence-electron chi connectivity index (χ1n) is 4.71. The predicted octanol–water partition coefficient (Wildman–Crippen LogP) is 3.15. The molecule has 0 saturated carbocycles. The van der Waals surface area contributed by atoms with Crippen molar-refractivity contribution in [2.75, 3.05) is 5.75 Å². The molecule has 0 rings (SSSR count). The van der Waals surface area contributed by atoms with Crippen molar-refractivity contribution >= 4 is 18.2 Å². The number of allylic oxidation sites excluding steroid dienone is 4. The van der Waals surface area contributed by atoms with Gasteiger partial charge < -0.3 is 4.72 Å². The van der Waals surface area contributed by atoms with Gasteiger partial charge in [0.2, 0.25) is 0 Å². The van der Waals surface area contributed by atoms with Gasteiger partial charge in [0.25, 0.3) is 0 Å². The van der Waals surface area contributed by atoms with Crippen molar-refractivity contribution in [2.24, 2.45) is 0 Å². The fourth-order valence-corrected chi connectivity index (χ4v) is 1.34. The molecule has 0 aliphatic carbocycles. The zero-order chi connectivity index (χ0) is 11.7. The minimum absolute atomic E-state index is 0.00657. The Labute approximate surface area is 94.5 Å². The van der Waals surface area contributed by atoms with E-state index in [9.17, 15) is 9.18 Å². The molecule has 0 spiro atoms. The molecule has 0 aliphatic heterocycles. The number of aldehydes is 1. The van der Waals surface area contributed by atoms with E-state index in [1.807, 2.05) is 0 Å². The number of carbonyl (C=O) groups excluding carboxylic acids is 1. The van der Waals surface area contributed by atoms with Crippen molar-refractivity contribution in [1.29, 1.82) is 0 Å². The molecule has 1 N–H and O–H groups in total. The van der Waals surface area contributed by atoms with Gasteiger partial charge in [-0.25, -0.2) is 4.39 Å². The highest BCUT2D eigenvalue weighted by molar-refractivity contribution is 7.97. The van der Waals surface area contributed by atoms with Crippen LogP contribution in [0.3, 0.4) is 0 Å². The molecule has 0 atom stereocenters. The summed E-state index contributed by atoms with van der Waals surface area (Å²) in [5.74, 6) is 0.406. The van der Waals surface area contributed by atoms with Gasteiger partial charge in [0.05, 0.1) is 5.57 Å². The third-order valence-corrected chi connectivity index (χ3v) is 2.51. The van der Waals surface area contributed by atoms with Crippen LogP contribution in [0.1, 0.15) is 20.3 Å². The molecule has 0 amide bonds. The molecule has 0 unspecified atom stereocenters. The molecule has 0 aromatic rings. The van der Waals surface area contributed by atoms with Crippen LogP contribution in [-0.2, 0) is 4.79 Å². The van der Waals surface area contributed by atoms with Crippen molar-refractivity contribution in [1.82, 2.24) is 4.72 Å². The quantitative estimate of drug-likeness (QED) is 0.239. The molecular formula is C11H16FNOS. The monoisotopic (exact) mass is 229 g/mol. The summed E-state index contributed by atoms with van der Waals surface area (Å²) in [5.41, 5.74) is 0.527. The van der Waals surface area contributed by atoms with E-state index in [0.717, 1.165) is 12.2 Å². The van der Waals surface area contributed by atoms with Gasteiger partial charge in [-0.2, -0.15) is 0 Å². The average molecular weight is 229 g/mol. The fourth-order valence-electron chi connectivity index (χ4n) is 0.789. The number of nitrogens with one attached hydrogen (secondary N) is 1. The highest BCUT2D eigenvalue weighted by atomic mass is 32.2. The summed E-state index contributed by atoms with van der Waals surface area (Å²) in [6.45, 7) is 7.27. The fraction of sp³-hybridized carbons (Fsp3) is 0.364. The smallest absolute Gasteiger partial charge is 0.153 e. The Morgan fingerprint density at radius 2 is 2.27 bits per heavy atom. The molecule has 0 heterocycles. The van der Waals surface area contributed by atoms with Crippen LogP contribution in [0.25, 0.3) is 0 Å². The molecule has 0 saturated heterocycles. The van der Waals surface area contributed by atoms with Crippen LogP contribution < -0.4 is 4.72 Å². The summed E-state index contributed by atoms with van der Waals surface area (Å²) < 4.78 is 16.0. The zero-order valence-corrected chi connectivity index (χ0v) is 9.86. The van der Waals surface area contributed by atoms with Crippen molar-refractivity contribution in [2.45, 2.75) is 20.3 Å². The largest absolute Gasteiger partial charge is 0.330 e. The van der Waals surface area contributed by atoms with E-state index in [2.05, 4.69) is 18.2 Å². The summed E-state index contributed by atoms with van der Waals surface area (Å²) >= 11 is 1.48. The highest BCUT2D eigenvalue weighted by Crippen LogP contribution is 2.11. The van der Waals surface area contributed by atoms with Crippen LogP contribution in [0, 0.1) is 0 Å². The van der Waals surface area contributed by atoms with Crippen molar-refractivity contribution in [3.05, 3.63) is 35.8 Å². The number of carbonyl (C=O) groups is 1. The molecule has 84 valence electrons. The van der Waals surface area contributed by atoms with Gasteiger partial charge in [0.15, 0.2) is 6.29 Å². The van der Waals surface area contributed by atoms with Gasteiger partial charge in [-0.1, -0.05) is 31.5 Å². The number of rotatable bonds is 7. The second-order valence-corrected chi connectivity index (χ2v) is 3.73. The van der Waals surface area contributed by atoms with E-state index in [0.29, 0.717) is 12.0 Å². The lowest BCUT2D eigenvalue weighted by molar-refractivity contribution is -0.104. The van der Waals surface area contributed by atoms with Crippen LogP contribution in [0.4, 0.5) is 4.39 Å². The molecule has 15 heavy (non-hydrogen) atoms. The van der Waals surface area contributed by atoms with Gasteiger partial charge in [0, 0.05) is 11.4 Å². The molecule has 0 aromatic heterocycles. The third kappa shape index (κ3) is 6.12. The van der Waals surface area contributed by atoms with Crippen molar-refractivity contribution in [3.8, 4) is 0 Å². The highest BCUT2D eigenvalue weighted by Gasteiger charge is 2.02. The van der Waals surface area contributed by atoms with Crippen LogP contribution in [0.15, 0.2) is 35.8 Å². The Balaban J connectivity index is 4.30. The summed E-state index contributed by atoms with van der Waals surface area (Å²) in [7, 11) is 0. The SMILES string of the molecule is C=C(/C=C(C=O)\C(F)=C/C)NSCCC. The first-order chi connectivity index (χ1) is 7.15. The maximum absolute atomic E-state index is 13.0. The zero-order valence-electron chi connectivity index (χ0n) is 9.05. The first-order valence-corrected chi connectivity index (χ1v) is 5.70. The van der Waals surface area contributed by atoms with Crippen LogP contribution >= 0.6 is 11.9 Å². The molecule has 0 aliphatic rings. The second-order valence-electron chi connectivity index (χ2n) is 2.83. The van der Waals surface area contributed by atoms with Gasteiger partial charge in [0.1, 0.15) is 5.83 Å². The Kier molecular flexibility index (Phi) is 7.72. The maximum Gasteiger partial charge on any atom is 0.153 e. The summed E-state index contributed by atoms with van der Waals surface area (Å²) in [6.07, 6.45) is 4.16. The molecule has 0 bridgehead atoms. The maximum atomic E-state index is 13.0. The lowest BCUT2D eigenvalue weighted by Crippen LogP contribution is -2.02. The molecule has 0 aromatic carbocycles. The number of hydrogen-bond acceptors (Lipinski definition) is 3. The summed E-state index contributed by atoms with van der Waals surface area (Å²) in [4.78, 5) is 10.5. The lowest BCUT2D eigenvalue weighted by atomic mass is 10.2. The van der Waals surface area contributed by atoms with Gasteiger partial charge in [-0.05, 0) is 19.4 Å². The predicted molar refractivity (Wildman–Crippen MR) is 64.0 cm³/mol. The van der Waals surface area contributed by atoms with E-state index >= 15 is 0 Å². The van der Waals surface area contributed by atoms with E-state index in [4.69, 9.17) is 0 Å².